The van der Waals surface area contributed by atoms with E-state index in [9.17, 15) is 8.42 Å². The van der Waals surface area contributed by atoms with Crippen LogP contribution in [-0.4, -0.2) is 49.3 Å². The second kappa shape index (κ2) is 6.33. The van der Waals surface area contributed by atoms with Crippen LogP contribution in [0.1, 0.15) is 12.8 Å². The molecule has 1 aromatic carbocycles. The van der Waals surface area contributed by atoms with Crippen molar-refractivity contribution < 1.29 is 8.42 Å². The Balaban J connectivity index is 2.04. The maximum Gasteiger partial charge on any atom is 0.281 e. The highest BCUT2D eigenvalue weighted by atomic mass is 32.2. The quantitative estimate of drug-likeness (QED) is 0.854. The molecule has 1 aromatic heterocycles. The standard InChI is InChI=1S/C16H22N4O2S/c1-18-12-9-15(10-13-18)20(14-6-4-3-5-7-14)23(21,22)16-8-11-17-19(16)2/h3-8,11,15H,9-10,12-13H2,1-2H3. The topological polar surface area (TPSA) is 58.4 Å². The maximum absolute atomic E-state index is 13.2. The van der Waals surface area contributed by atoms with Crippen LogP contribution in [-0.2, 0) is 17.1 Å². The highest BCUT2D eigenvalue weighted by molar-refractivity contribution is 7.92. The molecule has 6 nitrogen and oxygen atoms in total. The molecular formula is C16H22N4O2S. The molecule has 0 saturated carbocycles. The third-order valence-corrected chi connectivity index (χ3v) is 6.29. The van der Waals surface area contributed by atoms with Gasteiger partial charge < -0.3 is 4.90 Å². The van der Waals surface area contributed by atoms with Crippen LogP contribution in [0.4, 0.5) is 5.69 Å². The number of para-hydroxylation sites is 1. The van der Waals surface area contributed by atoms with Gasteiger partial charge in [-0.3, -0.25) is 8.99 Å². The molecule has 0 radical (unpaired) electrons. The molecule has 7 heteroatoms. The number of rotatable bonds is 4. The summed E-state index contributed by atoms with van der Waals surface area (Å²) in [5, 5.41) is 4.24. The first kappa shape index (κ1) is 16.0. The fourth-order valence-electron chi connectivity index (χ4n) is 3.07. The van der Waals surface area contributed by atoms with Gasteiger partial charge in [-0.15, -0.1) is 0 Å². The van der Waals surface area contributed by atoms with Gasteiger partial charge in [-0.25, -0.2) is 0 Å². The first-order chi connectivity index (χ1) is 11.0. The number of nitrogens with zero attached hydrogens (tertiary/aromatic N) is 4. The number of benzene rings is 1. The zero-order valence-electron chi connectivity index (χ0n) is 13.5. The van der Waals surface area contributed by atoms with E-state index in [-0.39, 0.29) is 11.1 Å². The van der Waals surface area contributed by atoms with E-state index in [1.54, 1.807) is 17.4 Å². The highest BCUT2D eigenvalue weighted by Crippen LogP contribution is 2.29. The minimum absolute atomic E-state index is 0.0338. The van der Waals surface area contributed by atoms with Crippen molar-refractivity contribution in [3.8, 4) is 0 Å². The predicted molar refractivity (Wildman–Crippen MR) is 89.8 cm³/mol. The molecule has 0 unspecified atom stereocenters. The van der Waals surface area contributed by atoms with E-state index in [0.717, 1.165) is 25.9 Å². The summed E-state index contributed by atoms with van der Waals surface area (Å²) in [4.78, 5) is 2.23. The van der Waals surface area contributed by atoms with Gasteiger partial charge in [0, 0.05) is 13.1 Å². The Morgan fingerprint density at radius 3 is 2.30 bits per heavy atom. The second-order valence-electron chi connectivity index (χ2n) is 5.96. The fraction of sp³-hybridized carbons (Fsp3) is 0.438. The van der Waals surface area contributed by atoms with Crippen LogP contribution >= 0.6 is 0 Å². The lowest BCUT2D eigenvalue weighted by molar-refractivity contribution is 0.257. The molecule has 0 amide bonds. The van der Waals surface area contributed by atoms with Gasteiger partial charge in [0.2, 0.25) is 0 Å². The number of hydrogen-bond acceptors (Lipinski definition) is 4. The Hall–Kier alpha value is -1.86. The molecule has 23 heavy (non-hydrogen) atoms. The predicted octanol–water partition coefficient (Wildman–Crippen LogP) is 1.71. The molecule has 1 aliphatic rings. The van der Waals surface area contributed by atoms with Crippen LogP contribution in [0.3, 0.4) is 0 Å². The molecule has 124 valence electrons. The summed E-state index contributed by atoms with van der Waals surface area (Å²) in [6.45, 7) is 1.80. The number of piperidine rings is 1. The molecule has 0 spiro atoms. The zero-order valence-corrected chi connectivity index (χ0v) is 14.3. The lowest BCUT2D eigenvalue weighted by atomic mass is 10.1. The summed E-state index contributed by atoms with van der Waals surface area (Å²) < 4.78 is 29.5. The Morgan fingerprint density at radius 1 is 1.09 bits per heavy atom. The van der Waals surface area contributed by atoms with Gasteiger partial charge in [-0.05, 0) is 51.2 Å². The molecule has 0 aliphatic carbocycles. The van der Waals surface area contributed by atoms with E-state index in [2.05, 4.69) is 17.0 Å². The molecule has 0 atom stereocenters. The van der Waals surface area contributed by atoms with Gasteiger partial charge in [-0.1, -0.05) is 18.2 Å². The minimum Gasteiger partial charge on any atom is -0.306 e. The lowest BCUT2D eigenvalue weighted by Gasteiger charge is -2.37. The Labute approximate surface area is 137 Å². The van der Waals surface area contributed by atoms with E-state index < -0.39 is 10.0 Å². The Bertz CT molecular complexity index is 749. The van der Waals surface area contributed by atoms with Gasteiger partial charge in [0.15, 0.2) is 5.03 Å². The summed E-state index contributed by atoms with van der Waals surface area (Å²) in [7, 11) is 0.0823. The minimum atomic E-state index is -3.64. The normalized spacial score (nSPS) is 17.3. The average molecular weight is 334 g/mol. The first-order valence-corrected chi connectivity index (χ1v) is 9.20. The molecule has 1 fully saturated rings. The smallest absolute Gasteiger partial charge is 0.281 e. The number of likely N-dealkylation sites (tertiary alicyclic amines) is 1. The summed E-state index contributed by atoms with van der Waals surface area (Å²) in [6, 6.07) is 10.9. The molecule has 2 heterocycles. The zero-order chi connectivity index (χ0) is 16.4. The molecule has 2 aromatic rings. The van der Waals surface area contributed by atoms with Crippen molar-refractivity contribution in [3.63, 3.8) is 0 Å². The number of hydrogen-bond donors (Lipinski definition) is 0. The van der Waals surface area contributed by atoms with Crippen molar-refractivity contribution in [1.29, 1.82) is 0 Å². The lowest BCUT2D eigenvalue weighted by Crippen LogP contribution is -2.47. The van der Waals surface area contributed by atoms with Crippen LogP contribution in [0.25, 0.3) is 0 Å². The summed E-state index contributed by atoms with van der Waals surface area (Å²) >= 11 is 0. The van der Waals surface area contributed by atoms with Crippen molar-refractivity contribution >= 4 is 15.7 Å². The van der Waals surface area contributed by atoms with Crippen molar-refractivity contribution in [2.24, 2.45) is 7.05 Å². The Kier molecular flexibility index (Phi) is 4.41. The average Bonchev–Trinajstić information content (AvgIpc) is 2.97. The van der Waals surface area contributed by atoms with E-state index in [4.69, 9.17) is 0 Å². The fourth-order valence-corrected chi connectivity index (χ4v) is 4.88. The molecule has 0 bridgehead atoms. The second-order valence-corrected chi connectivity index (χ2v) is 7.73. The van der Waals surface area contributed by atoms with E-state index in [1.165, 1.54) is 10.9 Å². The van der Waals surface area contributed by atoms with Crippen LogP contribution in [0, 0.1) is 0 Å². The molecular weight excluding hydrogens is 312 g/mol. The molecule has 0 N–H and O–H groups in total. The summed E-state index contributed by atoms with van der Waals surface area (Å²) in [5.74, 6) is 0. The molecule has 3 rings (SSSR count). The van der Waals surface area contributed by atoms with Crippen molar-refractivity contribution in [3.05, 3.63) is 42.6 Å². The number of aryl methyl sites for hydroxylation is 1. The van der Waals surface area contributed by atoms with Gasteiger partial charge >= 0.3 is 0 Å². The van der Waals surface area contributed by atoms with E-state index in [0.29, 0.717) is 5.69 Å². The largest absolute Gasteiger partial charge is 0.306 e. The van der Waals surface area contributed by atoms with Gasteiger partial charge in [-0.2, -0.15) is 13.5 Å². The maximum atomic E-state index is 13.2. The van der Waals surface area contributed by atoms with E-state index in [1.807, 2.05) is 30.3 Å². The molecule has 1 saturated heterocycles. The van der Waals surface area contributed by atoms with Crippen LogP contribution in [0.15, 0.2) is 47.6 Å². The van der Waals surface area contributed by atoms with Crippen molar-refractivity contribution in [2.45, 2.75) is 23.9 Å². The number of anilines is 1. The molecule has 1 aliphatic heterocycles. The number of aromatic nitrogens is 2. The van der Waals surface area contributed by atoms with Crippen molar-refractivity contribution in [1.82, 2.24) is 14.7 Å². The van der Waals surface area contributed by atoms with Crippen LogP contribution in [0.5, 0.6) is 0 Å². The Morgan fingerprint density at radius 2 is 1.74 bits per heavy atom. The van der Waals surface area contributed by atoms with Crippen molar-refractivity contribution in [2.75, 3.05) is 24.4 Å². The highest BCUT2D eigenvalue weighted by Gasteiger charge is 2.35. The van der Waals surface area contributed by atoms with Crippen LogP contribution < -0.4 is 4.31 Å². The van der Waals surface area contributed by atoms with Crippen LogP contribution in [0.2, 0.25) is 0 Å². The monoisotopic (exact) mass is 334 g/mol. The van der Waals surface area contributed by atoms with E-state index >= 15 is 0 Å². The SMILES string of the molecule is CN1CCC(N(c2ccccc2)S(=O)(=O)c2ccnn2C)CC1. The third kappa shape index (κ3) is 3.11. The third-order valence-electron chi connectivity index (χ3n) is 4.33. The first-order valence-electron chi connectivity index (χ1n) is 7.76. The van der Waals surface area contributed by atoms with Gasteiger partial charge in [0.25, 0.3) is 10.0 Å². The summed E-state index contributed by atoms with van der Waals surface area (Å²) in [6.07, 6.45) is 3.16. The number of sulfonamides is 1. The summed E-state index contributed by atoms with van der Waals surface area (Å²) in [5.41, 5.74) is 0.711. The van der Waals surface area contributed by atoms with Gasteiger partial charge in [0.1, 0.15) is 0 Å². The van der Waals surface area contributed by atoms with Gasteiger partial charge in [0.05, 0.1) is 11.9 Å².